The summed E-state index contributed by atoms with van der Waals surface area (Å²) < 4.78 is 5.14. The molecule has 0 fully saturated rings. The van der Waals surface area contributed by atoms with Gasteiger partial charge in [0.15, 0.2) is 5.82 Å². The predicted octanol–water partition coefficient (Wildman–Crippen LogP) is 5.84. The molecule has 0 unspecified atom stereocenters. The van der Waals surface area contributed by atoms with Crippen LogP contribution in [-0.4, -0.2) is 45.0 Å². The van der Waals surface area contributed by atoms with E-state index in [1.54, 1.807) is 24.1 Å². The normalized spacial score (nSPS) is 12.5. The van der Waals surface area contributed by atoms with Crippen molar-refractivity contribution in [1.82, 2.24) is 19.9 Å². The average molecular weight is 522 g/mol. The third kappa shape index (κ3) is 5.65. The number of urea groups is 1. The van der Waals surface area contributed by atoms with Crippen LogP contribution in [0.1, 0.15) is 46.6 Å². The zero-order valence-corrected chi connectivity index (χ0v) is 22.4. The van der Waals surface area contributed by atoms with Gasteiger partial charge in [0, 0.05) is 47.7 Å². The highest BCUT2D eigenvalue weighted by Gasteiger charge is 2.27. The number of pyridine rings is 1. The van der Waals surface area contributed by atoms with E-state index in [4.69, 9.17) is 14.7 Å². The lowest BCUT2D eigenvalue weighted by molar-refractivity contribution is 0.0526. The van der Waals surface area contributed by atoms with Gasteiger partial charge in [0.05, 0.1) is 30.1 Å². The van der Waals surface area contributed by atoms with Crippen molar-refractivity contribution in [3.05, 3.63) is 94.9 Å². The summed E-state index contributed by atoms with van der Waals surface area (Å²) in [5.41, 5.74) is 7.57. The molecule has 0 bridgehead atoms. The molecule has 4 aromatic rings. The van der Waals surface area contributed by atoms with E-state index in [2.05, 4.69) is 17.2 Å². The van der Waals surface area contributed by atoms with Crippen LogP contribution < -0.4 is 5.32 Å². The summed E-state index contributed by atoms with van der Waals surface area (Å²) in [5, 5.41) is 3.05. The Morgan fingerprint density at radius 3 is 2.67 bits per heavy atom. The number of benzene rings is 2. The molecule has 1 N–H and O–H groups in total. The molecule has 0 saturated carbocycles. The number of ether oxygens (including phenoxy) is 1. The van der Waals surface area contributed by atoms with E-state index in [1.165, 1.54) is 11.8 Å². The molecule has 1 aliphatic rings. The standard InChI is InChI=1S/C31H31N5O3/c1-4-21-10-8-11-24(15-21)33-31(38)36-14-13-27-26(19-36)28(25-12-7-6-9-20(25)3)35-29(34-27)22-16-23(18-32-17-22)30(37)39-5-2/h6-12,15-18H,4-5,13-14,19H2,1-3H3,(H,33,38). The van der Waals surface area contributed by atoms with E-state index in [-0.39, 0.29) is 12.6 Å². The molecular formula is C31H31N5O3. The largest absolute Gasteiger partial charge is 0.462 e. The number of esters is 1. The number of carbonyl (C=O) groups excluding carboxylic acids is 2. The first kappa shape index (κ1) is 26.0. The molecule has 0 radical (unpaired) electrons. The summed E-state index contributed by atoms with van der Waals surface area (Å²) >= 11 is 0. The van der Waals surface area contributed by atoms with Gasteiger partial charge in [0.1, 0.15) is 0 Å². The van der Waals surface area contributed by atoms with E-state index < -0.39 is 5.97 Å². The van der Waals surface area contributed by atoms with Gasteiger partial charge in [0.2, 0.25) is 0 Å². The van der Waals surface area contributed by atoms with E-state index in [0.717, 1.165) is 40.2 Å². The molecule has 39 heavy (non-hydrogen) atoms. The van der Waals surface area contributed by atoms with Crippen LogP contribution in [0.3, 0.4) is 0 Å². The SMILES string of the molecule is CCOC(=O)c1cncc(-c2nc3c(c(-c4ccccc4C)n2)CN(C(=O)Nc2cccc(CC)c2)CC3)c1. The lowest BCUT2D eigenvalue weighted by atomic mass is 9.96. The highest BCUT2D eigenvalue weighted by atomic mass is 16.5. The molecule has 8 nitrogen and oxygen atoms in total. The fourth-order valence-electron chi connectivity index (χ4n) is 4.74. The van der Waals surface area contributed by atoms with E-state index in [1.807, 2.05) is 55.5 Å². The van der Waals surface area contributed by atoms with Crippen molar-refractivity contribution in [2.24, 2.45) is 0 Å². The van der Waals surface area contributed by atoms with Crippen LogP contribution in [0.5, 0.6) is 0 Å². The van der Waals surface area contributed by atoms with Crippen LogP contribution in [0, 0.1) is 6.92 Å². The molecule has 2 aromatic heterocycles. The second-order valence-corrected chi connectivity index (χ2v) is 9.47. The second kappa shape index (κ2) is 11.4. The van der Waals surface area contributed by atoms with Gasteiger partial charge in [-0.15, -0.1) is 0 Å². The first-order chi connectivity index (χ1) is 19.0. The molecule has 3 heterocycles. The Morgan fingerprint density at radius 2 is 1.87 bits per heavy atom. The van der Waals surface area contributed by atoms with Gasteiger partial charge < -0.3 is 15.0 Å². The maximum atomic E-state index is 13.3. The van der Waals surface area contributed by atoms with Gasteiger partial charge in [-0.05, 0) is 49.6 Å². The zero-order valence-electron chi connectivity index (χ0n) is 22.4. The fraction of sp³-hybridized carbons (Fsp3) is 0.258. The topological polar surface area (TPSA) is 97.3 Å². The Labute approximate surface area is 228 Å². The number of carbonyl (C=O) groups is 2. The van der Waals surface area contributed by atoms with Crippen molar-refractivity contribution in [3.63, 3.8) is 0 Å². The number of rotatable bonds is 6. The molecule has 2 amide bonds. The van der Waals surface area contributed by atoms with Crippen LogP contribution in [0.4, 0.5) is 10.5 Å². The maximum Gasteiger partial charge on any atom is 0.339 e. The highest BCUT2D eigenvalue weighted by Crippen LogP contribution is 2.32. The molecule has 0 spiro atoms. The van der Waals surface area contributed by atoms with Gasteiger partial charge in [-0.2, -0.15) is 0 Å². The minimum absolute atomic E-state index is 0.153. The lowest BCUT2D eigenvalue weighted by Crippen LogP contribution is -2.39. The lowest BCUT2D eigenvalue weighted by Gasteiger charge is -2.30. The zero-order chi connectivity index (χ0) is 27.4. The Bertz CT molecular complexity index is 1530. The highest BCUT2D eigenvalue weighted by molar-refractivity contribution is 5.91. The first-order valence-corrected chi connectivity index (χ1v) is 13.2. The Kier molecular flexibility index (Phi) is 7.63. The van der Waals surface area contributed by atoms with Crippen molar-refractivity contribution < 1.29 is 14.3 Å². The molecule has 0 aliphatic carbocycles. The minimum atomic E-state index is -0.435. The van der Waals surface area contributed by atoms with E-state index in [0.29, 0.717) is 36.5 Å². The molecule has 0 atom stereocenters. The summed E-state index contributed by atoms with van der Waals surface area (Å²) in [6.07, 6.45) is 4.61. The van der Waals surface area contributed by atoms with Crippen LogP contribution in [0.25, 0.3) is 22.6 Å². The summed E-state index contributed by atoms with van der Waals surface area (Å²) in [7, 11) is 0. The number of hydrogen-bond donors (Lipinski definition) is 1. The quantitative estimate of drug-likeness (QED) is 0.320. The fourth-order valence-corrected chi connectivity index (χ4v) is 4.74. The summed E-state index contributed by atoms with van der Waals surface area (Å²) in [5.74, 6) is 0.0509. The first-order valence-electron chi connectivity index (χ1n) is 13.2. The van der Waals surface area contributed by atoms with Crippen LogP contribution in [-0.2, 0) is 24.1 Å². The second-order valence-electron chi connectivity index (χ2n) is 9.47. The number of aromatic nitrogens is 3. The number of nitrogens with one attached hydrogen (secondary N) is 1. The number of hydrogen-bond acceptors (Lipinski definition) is 6. The number of nitrogens with zero attached hydrogens (tertiary/aromatic N) is 4. The molecule has 0 saturated heterocycles. The van der Waals surface area contributed by atoms with Gasteiger partial charge in [-0.25, -0.2) is 19.6 Å². The number of anilines is 1. The molecule has 5 rings (SSSR count). The number of fused-ring (bicyclic) bond motifs is 1. The maximum absolute atomic E-state index is 13.3. The van der Waals surface area contributed by atoms with Crippen LogP contribution >= 0.6 is 0 Å². The molecule has 2 aromatic carbocycles. The van der Waals surface area contributed by atoms with E-state index in [9.17, 15) is 9.59 Å². The Balaban J connectivity index is 1.51. The Morgan fingerprint density at radius 1 is 1.03 bits per heavy atom. The van der Waals surface area contributed by atoms with Crippen LogP contribution in [0.15, 0.2) is 67.0 Å². The van der Waals surface area contributed by atoms with Crippen LogP contribution in [0.2, 0.25) is 0 Å². The van der Waals surface area contributed by atoms with Gasteiger partial charge in [-0.3, -0.25) is 4.98 Å². The molecule has 8 heteroatoms. The monoisotopic (exact) mass is 521 g/mol. The third-order valence-corrected chi connectivity index (χ3v) is 6.84. The minimum Gasteiger partial charge on any atom is -0.462 e. The summed E-state index contributed by atoms with van der Waals surface area (Å²) in [6, 6.07) is 17.5. The molecule has 1 aliphatic heterocycles. The predicted molar refractivity (Wildman–Crippen MR) is 150 cm³/mol. The Hall–Kier alpha value is -4.59. The van der Waals surface area contributed by atoms with Crippen molar-refractivity contribution >= 4 is 17.7 Å². The van der Waals surface area contributed by atoms with Gasteiger partial charge >= 0.3 is 12.0 Å². The van der Waals surface area contributed by atoms with Gasteiger partial charge in [0.25, 0.3) is 0 Å². The summed E-state index contributed by atoms with van der Waals surface area (Å²) in [6.45, 7) is 7.09. The molecule has 198 valence electrons. The van der Waals surface area contributed by atoms with E-state index >= 15 is 0 Å². The third-order valence-electron chi connectivity index (χ3n) is 6.84. The van der Waals surface area contributed by atoms with Gasteiger partial charge in [-0.1, -0.05) is 43.3 Å². The van der Waals surface area contributed by atoms with Crippen molar-refractivity contribution in [2.45, 2.75) is 40.2 Å². The summed E-state index contributed by atoms with van der Waals surface area (Å²) in [4.78, 5) is 41.5. The average Bonchev–Trinajstić information content (AvgIpc) is 2.97. The van der Waals surface area contributed by atoms with Crippen molar-refractivity contribution in [1.29, 1.82) is 0 Å². The molecular weight excluding hydrogens is 490 g/mol. The smallest absolute Gasteiger partial charge is 0.339 e. The number of amides is 2. The number of aryl methyl sites for hydroxylation is 2. The van der Waals surface area contributed by atoms with Crippen molar-refractivity contribution in [3.8, 4) is 22.6 Å². The van der Waals surface area contributed by atoms with Crippen molar-refractivity contribution in [2.75, 3.05) is 18.5 Å².